The topological polar surface area (TPSA) is 80.5 Å². The van der Waals surface area contributed by atoms with E-state index in [1.165, 1.54) is 11.8 Å². The first-order chi connectivity index (χ1) is 6.34. The molecule has 1 N–H and O–H groups in total. The molecule has 2 aromatic heterocycles. The number of aromatic amines is 1. The van der Waals surface area contributed by atoms with Crippen molar-refractivity contribution in [2.24, 2.45) is 0 Å². The molecule has 68 valence electrons. The van der Waals surface area contributed by atoms with Gasteiger partial charge in [-0.2, -0.15) is 5.21 Å². The second-order valence-electron chi connectivity index (χ2n) is 2.10. The highest BCUT2D eigenvalue weighted by Crippen LogP contribution is 2.19. The van der Waals surface area contributed by atoms with Crippen LogP contribution in [0.2, 0.25) is 0 Å². The van der Waals surface area contributed by atoms with Gasteiger partial charge < -0.3 is 4.52 Å². The van der Waals surface area contributed by atoms with Gasteiger partial charge in [0.1, 0.15) is 10.4 Å². The third-order valence-corrected chi connectivity index (χ3v) is 2.43. The van der Waals surface area contributed by atoms with Gasteiger partial charge in [0, 0.05) is 6.07 Å². The molecule has 6 nitrogen and oxygen atoms in total. The fourth-order valence-electron chi connectivity index (χ4n) is 0.705. The maximum atomic E-state index is 4.96. The Hall–Kier alpha value is -0.890. The van der Waals surface area contributed by atoms with Crippen molar-refractivity contribution in [2.45, 2.75) is 10.9 Å². The molecule has 0 saturated carbocycles. The Balaban J connectivity index is 1.93. The molecule has 0 aliphatic rings. The molecule has 2 heterocycles. The molecule has 0 radical (unpaired) electrons. The van der Waals surface area contributed by atoms with Gasteiger partial charge in [-0.3, -0.25) is 0 Å². The quantitative estimate of drug-likeness (QED) is 0.838. The third kappa shape index (κ3) is 2.28. The van der Waals surface area contributed by atoms with E-state index in [0.29, 0.717) is 15.5 Å². The van der Waals surface area contributed by atoms with E-state index in [0.717, 1.165) is 5.76 Å². The second-order valence-corrected chi connectivity index (χ2v) is 3.85. The summed E-state index contributed by atoms with van der Waals surface area (Å²) < 4.78 is 5.65. The Labute approximate surface area is 85.6 Å². The highest BCUT2D eigenvalue weighted by molar-refractivity contribution is 9.10. The van der Waals surface area contributed by atoms with Gasteiger partial charge in [-0.1, -0.05) is 16.9 Å². The smallest absolute Gasteiger partial charge is 0.231 e. The van der Waals surface area contributed by atoms with Crippen LogP contribution in [-0.4, -0.2) is 25.8 Å². The molecule has 0 saturated heterocycles. The molecule has 0 amide bonds. The normalized spacial score (nSPS) is 10.5. The van der Waals surface area contributed by atoms with Gasteiger partial charge in [0.15, 0.2) is 0 Å². The van der Waals surface area contributed by atoms with E-state index >= 15 is 0 Å². The predicted octanol–water partition coefficient (Wildman–Crippen LogP) is 1.24. The van der Waals surface area contributed by atoms with Crippen LogP contribution in [0.15, 0.2) is 20.3 Å². The van der Waals surface area contributed by atoms with Crippen LogP contribution in [-0.2, 0) is 5.75 Å². The van der Waals surface area contributed by atoms with E-state index in [2.05, 4.69) is 41.7 Å². The molecule has 2 rings (SSSR count). The Kier molecular flexibility index (Phi) is 2.60. The first-order valence-electron chi connectivity index (χ1n) is 3.32. The second kappa shape index (κ2) is 3.88. The number of halogens is 1. The molecule has 0 fully saturated rings. The zero-order chi connectivity index (χ0) is 9.10. The Bertz CT molecular complexity index is 374. The number of nitrogens with one attached hydrogen (secondary N) is 1. The minimum absolute atomic E-state index is 0.590. The highest BCUT2D eigenvalue weighted by atomic mass is 79.9. The number of hydrogen-bond acceptors (Lipinski definition) is 6. The maximum absolute atomic E-state index is 4.96. The van der Waals surface area contributed by atoms with Gasteiger partial charge >= 0.3 is 0 Å². The zero-order valence-corrected chi connectivity index (χ0v) is 8.67. The lowest BCUT2D eigenvalue weighted by atomic mass is 10.5. The van der Waals surface area contributed by atoms with Gasteiger partial charge in [0.05, 0.1) is 5.75 Å². The van der Waals surface area contributed by atoms with Crippen molar-refractivity contribution in [3.05, 3.63) is 16.4 Å². The molecule has 0 bridgehead atoms. The van der Waals surface area contributed by atoms with Crippen molar-refractivity contribution in [1.29, 1.82) is 0 Å². The fourth-order valence-corrected chi connectivity index (χ4v) is 1.64. The molecule has 0 aromatic carbocycles. The van der Waals surface area contributed by atoms with Crippen LogP contribution in [0.3, 0.4) is 0 Å². The van der Waals surface area contributed by atoms with Crippen molar-refractivity contribution in [2.75, 3.05) is 0 Å². The van der Waals surface area contributed by atoms with Crippen molar-refractivity contribution in [3.63, 3.8) is 0 Å². The minimum atomic E-state index is 0.590. The summed E-state index contributed by atoms with van der Waals surface area (Å²) in [7, 11) is 0. The largest absolute Gasteiger partial charge is 0.359 e. The van der Waals surface area contributed by atoms with Gasteiger partial charge in [-0.15, -0.1) is 10.2 Å². The van der Waals surface area contributed by atoms with Gasteiger partial charge in [-0.25, -0.2) is 0 Å². The highest BCUT2D eigenvalue weighted by Gasteiger charge is 2.04. The molecule has 8 heteroatoms. The lowest BCUT2D eigenvalue weighted by Gasteiger charge is -1.88. The molecule has 0 aliphatic heterocycles. The van der Waals surface area contributed by atoms with E-state index in [1.807, 2.05) is 0 Å². The molecule has 0 unspecified atom stereocenters. The van der Waals surface area contributed by atoms with Crippen molar-refractivity contribution in [3.8, 4) is 0 Å². The number of thioether (sulfide) groups is 1. The summed E-state index contributed by atoms with van der Waals surface area (Å²) in [5, 5.41) is 17.6. The molecule has 0 atom stereocenters. The Morgan fingerprint density at radius 2 is 2.54 bits per heavy atom. The minimum Gasteiger partial charge on any atom is -0.359 e. The number of aromatic nitrogens is 5. The number of hydrogen-bond donors (Lipinski definition) is 1. The van der Waals surface area contributed by atoms with Gasteiger partial charge in [0.25, 0.3) is 0 Å². The summed E-state index contributed by atoms with van der Waals surface area (Å²) in [6.45, 7) is 0. The third-order valence-electron chi connectivity index (χ3n) is 1.20. The summed E-state index contributed by atoms with van der Waals surface area (Å²) in [6.07, 6.45) is 0. The monoisotopic (exact) mass is 261 g/mol. The predicted molar refractivity (Wildman–Crippen MR) is 47.9 cm³/mol. The van der Waals surface area contributed by atoms with Gasteiger partial charge in [-0.05, 0) is 21.1 Å². The molecule has 0 aliphatic carbocycles. The summed E-state index contributed by atoms with van der Waals surface area (Å²) in [4.78, 5) is 0. The number of tetrazole rings is 1. The van der Waals surface area contributed by atoms with Crippen LogP contribution in [0.4, 0.5) is 0 Å². The molecule has 13 heavy (non-hydrogen) atoms. The van der Waals surface area contributed by atoms with E-state index in [4.69, 9.17) is 4.52 Å². The van der Waals surface area contributed by atoms with E-state index in [-0.39, 0.29) is 0 Å². The zero-order valence-electron chi connectivity index (χ0n) is 6.27. The average Bonchev–Trinajstić information content (AvgIpc) is 2.71. The van der Waals surface area contributed by atoms with Crippen LogP contribution in [0.5, 0.6) is 0 Å². The molecule has 2 aromatic rings. The standard InChI is InChI=1S/C5H4BrN5OS/c6-4-1-3(12-9-4)2-13-5-7-10-11-8-5/h1H,2H2,(H,7,8,10,11). The van der Waals surface area contributed by atoms with Crippen LogP contribution in [0, 0.1) is 0 Å². The summed E-state index contributed by atoms with van der Waals surface area (Å²) in [6, 6.07) is 1.80. The van der Waals surface area contributed by atoms with Crippen molar-refractivity contribution < 1.29 is 4.52 Å². The SMILES string of the molecule is Brc1cc(CSc2nn[nH]n2)on1. The maximum Gasteiger partial charge on any atom is 0.231 e. The summed E-state index contributed by atoms with van der Waals surface area (Å²) in [5.74, 6) is 1.40. The lowest BCUT2D eigenvalue weighted by Crippen LogP contribution is -1.78. The number of nitrogens with zero attached hydrogens (tertiary/aromatic N) is 4. The van der Waals surface area contributed by atoms with Crippen molar-refractivity contribution in [1.82, 2.24) is 25.8 Å². The molecular formula is C5H4BrN5OS. The fraction of sp³-hybridized carbons (Fsp3) is 0.200. The summed E-state index contributed by atoms with van der Waals surface area (Å²) in [5.41, 5.74) is 0. The summed E-state index contributed by atoms with van der Waals surface area (Å²) >= 11 is 4.61. The first-order valence-corrected chi connectivity index (χ1v) is 5.10. The van der Waals surface area contributed by atoms with E-state index < -0.39 is 0 Å². The molecule has 0 spiro atoms. The number of H-pyrrole nitrogens is 1. The number of rotatable bonds is 3. The lowest BCUT2D eigenvalue weighted by molar-refractivity contribution is 0.391. The first kappa shape index (κ1) is 8.70. The van der Waals surface area contributed by atoms with E-state index in [9.17, 15) is 0 Å². The van der Waals surface area contributed by atoms with E-state index in [1.54, 1.807) is 6.07 Å². The van der Waals surface area contributed by atoms with Gasteiger partial charge in [0.2, 0.25) is 5.16 Å². The average molecular weight is 262 g/mol. The van der Waals surface area contributed by atoms with Crippen LogP contribution in [0.1, 0.15) is 5.76 Å². The Morgan fingerprint density at radius 3 is 3.15 bits per heavy atom. The Morgan fingerprint density at radius 1 is 1.62 bits per heavy atom. The molecular weight excluding hydrogens is 258 g/mol. The van der Waals surface area contributed by atoms with Crippen LogP contribution in [0.25, 0.3) is 0 Å². The van der Waals surface area contributed by atoms with Crippen LogP contribution >= 0.6 is 27.7 Å². The van der Waals surface area contributed by atoms with Crippen LogP contribution < -0.4 is 0 Å². The van der Waals surface area contributed by atoms with Crippen molar-refractivity contribution >= 4 is 27.7 Å².